The summed E-state index contributed by atoms with van der Waals surface area (Å²) in [4.78, 5) is 29.8. The van der Waals surface area contributed by atoms with Crippen LogP contribution in [0.5, 0.6) is 11.5 Å². The summed E-state index contributed by atoms with van der Waals surface area (Å²) in [7, 11) is 3.22. The molecule has 0 fully saturated rings. The number of amides is 1. The highest BCUT2D eigenvalue weighted by Crippen LogP contribution is 2.39. The number of aromatic nitrogens is 2. The zero-order valence-electron chi connectivity index (χ0n) is 16.9. The van der Waals surface area contributed by atoms with Crippen LogP contribution in [-0.2, 0) is 17.6 Å². The molecule has 2 heterocycles. The largest absolute Gasteiger partial charge is 0.504 e. The Morgan fingerprint density at radius 3 is 2.71 bits per heavy atom. The maximum absolute atomic E-state index is 13.0. The Labute approximate surface area is 188 Å². The monoisotopic (exact) mass is 457 g/mol. The number of rotatable bonds is 5. The highest BCUT2D eigenvalue weighted by Gasteiger charge is 2.32. The highest BCUT2D eigenvalue weighted by molar-refractivity contribution is 7.98. The van der Waals surface area contributed by atoms with Crippen LogP contribution in [0.15, 0.2) is 52.4 Å². The third-order valence-electron chi connectivity index (χ3n) is 5.19. The van der Waals surface area contributed by atoms with E-state index in [4.69, 9.17) is 16.3 Å². The number of phenolic OH excluding ortho intramolecular Hbond substituents is 1. The van der Waals surface area contributed by atoms with Crippen molar-refractivity contribution in [2.24, 2.45) is 7.05 Å². The summed E-state index contributed by atoms with van der Waals surface area (Å²) < 4.78 is 6.92. The number of aromatic hydroxyl groups is 1. The molecule has 4 rings (SSSR count). The van der Waals surface area contributed by atoms with E-state index >= 15 is 0 Å². The molecule has 1 aliphatic rings. The second kappa shape index (κ2) is 8.64. The molecule has 1 amide bonds. The van der Waals surface area contributed by atoms with E-state index in [1.165, 1.54) is 24.9 Å². The number of nitrogens with one attached hydrogen (secondary N) is 1. The van der Waals surface area contributed by atoms with Crippen molar-refractivity contribution >= 4 is 35.1 Å². The van der Waals surface area contributed by atoms with Crippen molar-refractivity contribution in [3.63, 3.8) is 0 Å². The molecule has 1 atom stereocenters. The van der Waals surface area contributed by atoms with Crippen LogP contribution >= 0.6 is 23.4 Å². The number of nitrogens with zero attached hydrogens (tertiary/aromatic N) is 2. The summed E-state index contributed by atoms with van der Waals surface area (Å²) in [5.41, 5.74) is 1.78. The van der Waals surface area contributed by atoms with Crippen molar-refractivity contribution in [1.82, 2.24) is 9.55 Å². The van der Waals surface area contributed by atoms with Crippen LogP contribution in [0.25, 0.3) is 0 Å². The van der Waals surface area contributed by atoms with Crippen LogP contribution in [-0.4, -0.2) is 27.7 Å². The lowest BCUT2D eigenvalue weighted by atomic mass is 9.86. The first-order valence-electron chi connectivity index (χ1n) is 9.52. The first-order valence-corrected chi connectivity index (χ1v) is 10.9. The Hall–Kier alpha value is -2.97. The summed E-state index contributed by atoms with van der Waals surface area (Å²) >= 11 is 7.34. The van der Waals surface area contributed by atoms with E-state index in [1.807, 2.05) is 24.3 Å². The van der Waals surface area contributed by atoms with Gasteiger partial charge in [0.1, 0.15) is 5.82 Å². The number of carbonyl (C=O) groups excluding carboxylic acids is 1. The van der Waals surface area contributed by atoms with E-state index in [2.05, 4.69) is 10.3 Å². The van der Waals surface area contributed by atoms with Gasteiger partial charge in [0.15, 0.2) is 16.7 Å². The van der Waals surface area contributed by atoms with Gasteiger partial charge in [0.2, 0.25) is 5.91 Å². The molecule has 1 aromatic heterocycles. The van der Waals surface area contributed by atoms with Gasteiger partial charge in [0, 0.05) is 30.2 Å². The molecule has 2 aromatic carbocycles. The highest BCUT2D eigenvalue weighted by atomic mass is 35.5. The topological polar surface area (TPSA) is 93.5 Å². The van der Waals surface area contributed by atoms with E-state index < -0.39 is 5.92 Å². The molecule has 1 unspecified atom stereocenters. The van der Waals surface area contributed by atoms with Crippen molar-refractivity contribution in [1.29, 1.82) is 0 Å². The third kappa shape index (κ3) is 4.26. The number of halogens is 1. The molecule has 0 bridgehead atoms. The van der Waals surface area contributed by atoms with Crippen molar-refractivity contribution in [3.05, 3.63) is 74.5 Å². The van der Waals surface area contributed by atoms with E-state index in [0.29, 0.717) is 32.9 Å². The summed E-state index contributed by atoms with van der Waals surface area (Å²) in [5, 5.41) is 13.9. The van der Waals surface area contributed by atoms with Gasteiger partial charge < -0.3 is 19.7 Å². The Kier molecular flexibility index (Phi) is 5.93. The average Bonchev–Trinajstić information content (AvgIpc) is 2.76. The SMILES string of the molecule is COc1cc(C2CC(=O)Nc3c2c(=O)nc(SCc2ccc(Cl)cc2)n3C)ccc1O. The summed E-state index contributed by atoms with van der Waals surface area (Å²) in [6, 6.07) is 12.3. The van der Waals surface area contributed by atoms with Gasteiger partial charge in [-0.2, -0.15) is 4.98 Å². The van der Waals surface area contributed by atoms with Crippen LogP contribution < -0.4 is 15.6 Å². The second-order valence-corrected chi connectivity index (χ2v) is 8.55. The Bertz CT molecular complexity index is 1210. The van der Waals surface area contributed by atoms with Crippen molar-refractivity contribution < 1.29 is 14.6 Å². The van der Waals surface area contributed by atoms with E-state index in [0.717, 1.165) is 5.56 Å². The molecule has 0 radical (unpaired) electrons. The fraction of sp³-hybridized carbons (Fsp3) is 0.227. The molecule has 3 aromatic rings. The van der Waals surface area contributed by atoms with Crippen LogP contribution in [0.2, 0.25) is 5.02 Å². The fourth-order valence-corrected chi connectivity index (χ4v) is 4.64. The molecule has 9 heteroatoms. The maximum atomic E-state index is 13.0. The Balaban J connectivity index is 1.71. The fourth-order valence-electron chi connectivity index (χ4n) is 3.59. The molecular formula is C22H20ClN3O4S. The van der Waals surface area contributed by atoms with Crippen LogP contribution in [0, 0.1) is 0 Å². The number of carbonyl (C=O) groups is 1. The summed E-state index contributed by atoms with van der Waals surface area (Å²) in [5.74, 6) is 0.630. The van der Waals surface area contributed by atoms with Crippen molar-refractivity contribution in [3.8, 4) is 11.5 Å². The summed E-state index contributed by atoms with van der Waals surface area (Å²) in [6.07, 6.45) is 0.106. The number of methoxy groups -OCH3 is 1. The minimum atomic E-state index is -0.486. The van der Waals surface area contributed by atoms with Gasteiger partial charge >= 0.3 is 0 Å². The van der Waals surface area contributed by atoms with Gasteiger partial charge in [-0.15, -0.1) is 0 Å². The van der Waals surface area contributed by atoms with Gasteiger partial charge in [-0.05, 0) is 35.4 Å². The predicted molar refractivity (Wildman–Crippen MR) is 120 cm³/mol. The Morgan fingerprint density at radius 1 is 1.26 bits per heavy atom. The number of thioether (sulfide) groups is 1. The van der Waals surface area contributed by atoms with Crippen LogP contribution in [0.3, 0.4) is 0 Å². The number of hydrogen-bond acceptors (Lipinski definition) is 6. The molecule has 31 heavy (non-hydrogen) atoms. The molecule has 0 aliphatic carbocycles. The van der Waals surface area contributed by atoms with Gasteiger partial charge in [0.05, 0.1) is 12.7 Å². The number of benzene rings is 2. The Morgan fingerprint density at radius 2 is 2.00 bits per heavy atom. The molecular weight excluding hydrogens is 438 g/mol. The number of fused-ring (bicyclic) bond motifs is 1. The molecule has 0 saturated heterocycles. The van der Waals surface area contributed by atoms with Crippen LogP contribution in [0.4, 0.5) is 5.82 Å². The van der Waals surface area contributed by atoms with E-state index in [1.54, 1.807) is 23.7 Å². The lowest BCUT2D eigenvalue weighted by molar-refractivity contribution is -0.116. The quantitative estimate of drug-likeness (QED) is 0.445. The lowest BCUT2D eigenvalue weighted by Gasteiger charge is -2.27. The first kappa shape index (κ1) is 21.3. The zero-order valence-corrected chi connectivity index (χ0v) is 18.5. The molecule has 2 N–H and O–H groups in total. The van der Waals surface area contributed by atoms with Crippen molar-refractivity contribution in [2.45, 2.75) is 23.2 Å². The first-order chi connectivity index (χ1) is 14.9. The molecule has 7 nitrogen and oxygen atoms in total. The smallest absolute Gasteiger partial charge is 0.279 e. The van der Waals surface area contributed by atoms with Gasteiger partial charge in [-0.25, -0.2) is 0 Å². The zero-order chi connectivity index (χ0) is 22.1. The van der Waals surface area contributed by atoms with E-state index in [-0.39, 0.29) is 29.4 Å². The van der Waals surface area contributed by atoms with Gasteiger partial charge in [-0.3, -0.25) is 9.59 Å². The van der Waals surface area contributed by atoms with Gasteiger partial charge in [-0.1, -0.05) is 41.6 Å². The number of phenols is 1. The minimum absolute atomic E-state index is 0.00768. The number of anilines is 1. The van der Waals surface area contributed by atoms with Crippen LogP contribution in [0.1, 0.15) is 29.0 Å². The maximum Gasteiger partial charge on any atom is 0.279 e. The number of ether oxygens (including phenoxy) is 1. The van der Waals surface area contributed by atoms with Gasteiger partial charge in [0.25, 0.3) is 5.56 Å². The van der Waals surface area contributed by atoms with E-state index in [9.17, 15) is 14.7 Å². The molecule has 0 spiro atoms. The summed E-state index contributed by atoms with van der Waals surface area (Å²) in [6.45, 7) is 0. The van der Waals surface area contributed by atoms with Crippen molar-refractivity contribution in [2.75, 3.05) is 12.4 Å². The lowest BCUT2D eigenvalue weighted by Crippen LogP contribution is -2.33. The molecule has 1 aliphatic heterocycles. The minimum Gasteiger partial charge on any atom is -0.504 e. The number of hydrogen-bond donors (Lipinski definition) is 2. The third-order valence-corrected chi connectivity index (χ3v) is 6.54. The average molecular weight is 458 g/mol. The standard InChI is InChI=1S/C22H20ClN3O4S/c1-26-20-19(21(29)25-22(26)31-11-12-3-6-14(23)7-4-12)15(10-18(28)24-20)13-5-8-16(27)17(9-13)30-2/h3-9,15,27H,10-11H2,1-2H3,(H,24,28). The normalized spacial score (nSPS) is 15.3. The second-order valence-electron chi connectivity index (χ2n) is 7.17. The molecule has 0 saturated carbocycles. The predicted octanol–water partition coefficient (Wildman–Crippen LogP) is 3.91. The molecule has 160 valence electrons.